The molecule has 0 N–H and O–H groups in total. The maximum absolute atomic E-state index is 14.2. The Kier molecular flexibility index (Phi) is 9.81. The number of Topliss-reactive ketones (excluding diaryl/α,β-unsaturated/α-hetero) is 1. The molecule has 3 rings (SSSR count). The van der Waals surface area contributed by atoms with Crippen molar-refractivity contribution in [2.24, 2.45) is 5.41 Å². The summed E-state index contributed by atoms with van der Waals surface area (Å²) in [6, 6.07) is 4.38. The predicted molar refractivity (Wildman–Crippen MR) is 151 cm³/mol. The zero-order valence-electron chi connectivity index (χ0n) is 25.3. The lowest BCUT2D eigenvalue weighted by atomic mass is 9.87. The van der Waals surface area contributed by atoms with Crippen molar-refractivity contribution >= 4 is 35.1 Å². The first-order chi connectivity index (χ1) is 20.6. The molecule has 0 bridgehead atoms. The van der Waals surface area contributed by atoms with Crippen LogP contribution < -0.4 is 4.18 Å². The highest BCUT2D eigenvalue weighted by molar-refractivity contribution is 7.88. The highest BCUT2D eigenvalue weighted by Crippen LogP contribution is 2.55. The topological polar surface area (TPSA) is 100 Å². The maximum Gasteiger partial charge on any atom is 0.460 e. The molecule has 0 fully saturated rings. The Morgan fingerprint density at radius 1 is 0.957 bits per heavy atom. The third kappa shape index (κ3) is 7.19. The van der Waals surface area contributed by atoms with Gasteiger partial charge < -0.3 is 13.5 Å². The summed E-state index contributed by atoms with van der Waals surface area (Å²) >= 11 is 0. The van der Waals surface area contributed by atoms with Gasteiger partial charge in [0.2, 0.25) is 0 Å². The van der Waals surface area contributed by atoms with Gasteiger partial charge in [-0.2, -0.15) is 47.9 Å². The van der Waals surface area contributed by atoms with Crippen LogP contribution in [0, 0.1) is 5.41 Å². The van der Waals surface area contributed by atoms with Gasteiger partial charge in [-0.1, -0.05) is 52.5 Å². The Balaban J connectivity index is 2.02. The highest BCUT2D eigenvalue weighted by Gasteiger charge is 2.86. The van der Waals surface area contributed by atoms with E-state index in [4.69, 9.17) is 4.74 Å². The molecule has 0 aliphatic rings. The van der Waals surface area contributed by atoms with E-state index >= 15 is 0 Å². The van der Waals surface area contributed by atoms with Gasteiger partial charge in [0.1, 0.15) is 18.0 Å². The van der Waals surface area contributed by atoms with E-state index in [0.29, 0.717) is 18.7 Å². The minimum absolute atomic E-state index is 0.0137. The normalized spacial score (nSPS) is 14.2. The molecule has 0 saturated heterocycles. The lowest BCUT2D eigenvalue weighted by Crippen LogP contribution is -2.63. The molecule has 3 aromatic rings. The lowest BCUT2D eigenvalue weighted by molar-refractivity contribution is -0.382. The largest absolute Gasteiger partial charge is 0.460 e. The van der Waals surface area contributed by atoms with E-state index in [-0.39, 0.29) is 40.5 Å². The maximum atomic E-state index is 14.2. The Bertz CT molecular complexity index is 1710. The van der Waals surface area contributed by atoms with Crippen molar-refractivity contribution in [3.8, 4) is 17.0 Å². The van der Waals surface area contributed by atoms with Crippen LogP contribution in [-0.2, 0) is 21.6 Å². The molecule has 0 saturated carbocycles. The first-order valence-corrected chi connectivity index (χ1v) is 18.5. The van der Waals surface area contributed by atoms with Gasteiger partial charge in [-0.25, -0.2) is 9.97 Å². The van der Waals surface area contributed by atoms with Crippen LogP contribution in [0.5, 0.6) is 5.75 Å². The first-order valence-electron chi connectivity index (χ1n) is 13.4. The van der Waals surface area contributed by atoms with Gasteiger partial charge in [0, 0.05) is 31.9 Å². The number of ether oxygens (including phenoxy) is 1. The molecule has 19 heteroatoms. The summed E-state index contributed by atoms with van der Waals surface area (Å²) in [5.41, 5.74) is -0.693. The molecule has 0 radical (unpaired) electrons. The second-order valence-corrected chi connectivity index (χ2v) is 19.8. The molecule has 256 valence electrons. The van der Waals surface area contributed by atoms with Crippen molar-refractivity contribution in [2.75, 3.05) is 6.61 Å². The van der Waals surface area contributed by atoms with Gasteiger partial charge >= 0.3 is 33.4 Å². The van der Waals surface area contributed by atoms with Crippen LogP contribution in [0.4, 0.5) is 39.5 Å². The predicted octanol–water partition coefficient (Wildman–Crippen LogP) is 7.77. The SMILES string of the molecule is CC(C)(C)C(=O)c1cn(COCC[Si](C)(C)C)c2ncc(-c3cccc(OS(=O)(=O)C(F)(F)C(F)(F)C(F)(F)C(F)(F)F)c3)nc12. The van der Waals surface area contributed by atoms with Gasteiger partial charge in [0.15, 0.2) is 11.4 Å². The van der Waals surface area contributed by atoms with E-state index in [9.17, 15) is 52.7 Å². The second kappa shape index (κ2) is 12.1. The van der Waals surface area contributed by atoms with E-state index in [0.717, 1.165) is 18.3 Å². The highest BCUT2D eigenvalue weighted by atomic mass is 32.2. The van der Waals surface area contributed by atoms with Crippen molar-refractivity contribution in [1.82, 2.24) is 14.5 Å². The first kappa shape index (κ1) is 37.3. The zero-order valence-corrected chi connectivity index (χ0v) is 27.1. The summed E-state index contributed by atoms with van der Waals surface area (Å²) in [7, 11) is -8.57. The minimum Gasteiger partial charge on any atom is -0.378 e. The monoisotopic (exact) mass is 707 g/mol. The number of rotatable bonds is 12. The molecule has 0 spiro atoms. The summed E-state index contributed by atoms with van der Waals surface area (Å²) in [6.07, 6.45) is -4.59. The van der Waals surface area contributed by atoms with E-state index in [1.54, 1.807) is 25.3 Å². The van der Waals surface area contributed by atoms with E-state index < -0.39 is 52.6 Å². The second-order valence-electron chi connectivity index (χ2n) is 12.6. The van der Waals surface area contributed by atoms with Crippen LogP contribution in [0.3, 0.4) is 0 Å². The van der Waals surface area contributed by atoms with Gasteiger partial charge in [-0.3, -0.25) is 4.79 Å². The molecule has 0 aliphatic heterocycles. The summed E-state index contributed by atoms with van der Waals surface area (Å²) < 4.78 is 155. The number of hydrogen-bond acceptors (Lipinski definition) is 7. The Morgan fingerprint density at radius 2 is 1.57 bits per heavy atom. The molecule has 0 aliphatic carbocycles. The Labute approximate surface area is 259 Å². The number of fused-ring (bicyclic) bond motifs is 1. The average Bonchev–Trinajstić information content (AvgIpc) is 3.26. The molecule has 46 heavy (non-hydrogen) atoms. The molecule has 8 nitrogen and oxygen atoms in total. The number of hydrogen-bond donors (Lipinski definition) is 0. The number of aromatic nitrogens is 3. The molecule has 2 heterocycles. The molecule has 0 unspecified atom stereocenters. The van der Waals surface area contributed by atoms with E-state index in [2.05, 4.69) is 33.8 Å². The number of carbonyl (C=O) groups is 1. The van der Waals surface area contributed by atoms with Gasteiger partial charge in [0.05, 0.1) is 17.5 Å². The zero-order chi connectivity index (χ0) is 35.3. The summed E-state index contributed by atoms with van der Waals surface area (Å²) in [4.78, 5) is 22.0. The molecular formula is C27H30F9N3O5SSi. The van der Waals surface area contributed by atoms with Crippen LogP contribution in [0.25, 0.3) is 22.4 Å². The van der Waals surface area contributed by atoms with E-state index in [1.807, 2.05) is 0 Å². The number of alkyl halides is 9. The standard InChI is InChI=1S/C27H30F9N3O5SSi/c1-23(2,3)21(40)18-14-39(15-43-10-11-46(4,5)6)22-20(18)38-19(13-37-22)16-8-7-9-17(12-16)44-45(41,42)27(35,36)25(30,31)24(28,29)26(32,33)34/h7-9,12-14H,10-11,15H2,1-6H3. The quantitative estimate of drug-likeness (QED) is 0.0624. The van der Waals surface area contributed by atoms with E-state index in [1.165, 1.54) is 12.3 Å². The number of nitrogens with zero attached hydrogens (tertiary/aromatic N) is 3. The van der Waals surface area contributed by atoms with Crippen LogP contribution in [0.1, 0.15) is 31.1 Å². The molecule has 0 atom stereocenters. The summed E-state index contributed by atoms with van der Waals surface area (Å²) in [5, 5.41) is -7.03. The third-order valence-electron chi connectivity index (χ3n) is 6.48. The van der Waals surface area contributed by atoms with Crippen LogP contribution in [0.15, 0.2) is 36.7 Å². The van der Waals surface area contributed by atoms with Gasteiger partial charge in [-0.15, -0.1) is 0 Å². The molecule has 2 aromatic heterocycles. The number of carbonyl (C=O) groups excluding carboxylic acids is 1. The summed E-state index contributed by atoms with van der Waals surface area (Å²) in [5.74, 6) is -16.4. The van der Waals surface area contributed by atoms with Crippen LogP contribution in [-0.4, -0.2) is 66.7 Å². The number of ketones is 1. The Hall–Kier alpha value is -3.19. The Morgan fingerprint density at radius 3 is 2.11 bits per heavy atom. The molecular weight excluding hydrogens is 677 g/mol. The van der Waals surface area contributed by atoms with Crippen molar-refractivity contribution in [3.63, 3.8) is 0 Å². The average molecular weight is 708 g/mol. The van der Waals surface area contributed by atoms with Crippen molar-refractivity contribution in [3.05, 3.63) is 42.2 Å². The van der Waals surface area contributed by atoms with Crippen molar-refractivity contribution < 1.29 is 61.6 Å². The fourth-order valence-electron chi connectivity index (χ4n) is 3.80. The fraction of sp³-hybridized carbons (Fsp3) is 0.519. The van der Waals surface area contributed by atoms with Crippen molar-refractivity contribution in [1.29, 1.82) is 0 Å². The van der Waals surface area contributed by atoms with Crippen molar-refractivity contribution in [2.45, 2.75) is 76.5 Å². The fourth-order valence-corrected chi connectivity index (χ4v) is 5.47. The minimum atomic E-state index is -7.45. The van der Waals surface area contributed by atoms with Gasteiger partial charge in [0.25, 0.3) is 0 Å². The summed E-state index contributed by atoms with van der Waals surface area (Å²) in [6.45, 7) is 11.9. The smallest absolute Gasteiger partial charge is 0.378 e. The van der Waals surface area contributed by atoms with Crippen LogP contribution in [0.2, 0.25) is 25.7 Å². The third-order valence-corrected chi connectivity index (χ3v) is 9.48. The molecule has 0 amide bonds. The molecule has 1 aromatic carbocycles. The lowest BCUT2D eigenvalue weighted by Gasteiger charge is -2.32. The number of halogens is 9. The van der Waals surface area contributed by atoms with Gasteiger partial charge in [-0.05, 0) is 18.2 Å². The number of benzene rings is 1. The van der Waals surface area contributed by atoms with Crippen LogP contribution >= 0.6 is 0 Å².